The molecule has 120 valence electrons. The van der Waals surface area contributed by atoms with Crippen LogP contribution in [0.5, 0.6) is 0 Å². The van der Waals surface area contributed by atoms with E-state index in [0.29, 0.717) is 5.69 Å². The summed E-state index contributed by atoms with van der Waals surface area (Å²) in [5, 5.41) is 13.0. The second-order valence-corrected chi connectivity index (χ2v) is 7.03. The number of likely N-dealkylation sites (tertiary alicyclic amines) is 1. The first kappa shape index (κ1) is 13.5. The first-order valence-corrected chi connectivity index (χ1v) is 8.14. The topological polar surface area (TPSA) is 78.9 Å². The van der Waals surface area contributed by atoms with Crippen molar-refractivity contribution in [1.82, 2.24) is 4.90 Å². The molecule has 4 aliphatic rings. The summed E-state index contributed by atoms with van der Waals surface area (Å²) in [5.41, 5.74) is 0.716. The molecule has 7 atom stereocenters. The summed E-state index contributed by atoms with van der Waals surface area (Å²) in [7, 11) is 0. The molecule has 0 aromatic heterocycles. The Morgan fingerprint density at radius 2 is 2.09 bits per heavy atom. The van der Waals surface area contributed by atoms with Gasteiger partial charge in [0.2, 0.25) is 11.8 Å². The van der Waals surface area contributed by atoms with Crippen molar-refractivity contribution in [2.45, 2.75) is 24.9 Å². The smallest absolute Gasteiger partial charge is 0.244 e. The number of amides is 2. The SMILES string of the molecule is O=C(CN1C(=O)C2C3CC4C(OC1C42)C3O)Nc1ccccc1. The molecule has 2 saturated carbocycles. The van der Waals surface area contributed by atoms with Crippen LogP contribution in [0.15, 0.2) is 30.3 Å². The highest BCUT2D eigenvalue weighted by atomic mass is 16.5. The predicted octanol–water partition coefficient (Wildman–Crippen LogP) is 0.435. The molecule has 2 amide bonds. The molecule has 2 aliphatic carbocycles. The number of rotatable bonds is 3. The Balaban J connectivity index is 1.34. The van der Waals surface area contributed by atoms with Crippen molar-refractivity contribution in [2.24, 2.45) is 23.7 Å². The van der Waals surface area contributed by atoms with Gasteiger partial charge in [0.1, 0.15) is 12.8 Å². The van der Waals surface area contributed by atoms with Gasteiger partial charge in [-0.15, -0.1) is 0 Å². The number of benzene rings is 1. The van der Waals surface area contributed by atoms with Gasteiger partial charge in [-0.3, -0.25) is 9.59 Å². The van der Waals surface area contributed by atoms with Gasteiger partial charge in [0.25, 0.3) is 0 Å². The third kappa shape index (κ3) is 1.70. The fourth-order valence-electron chi connectivity index (χ4n) is 5.18. The van der Waals surface area contributed by atoms with Gasteiger partial charge in [-0.1, -0.05) is 18.2 Å². The molecule has 6 heteroatoms. The Bertz CT molecular complexity index is 678. The number of carbonyl (C=O) groups is 2. The van der Waals surface area contributed by atoms with Crippen molar-refractivity contribution in [1.29, 1.82) is 0 Å². The summed E-state index contributed by atoms with van der Waals surface area (Å²) in [6.45, 7) is 0.00759. The van der Waals surface area contributed by atoms with Crippen LogP contribution in [0.25, 0.3) is 0 Å². The van der Waals surface area contributed by atoms with E-state index < -0.39 is 6.10 Å². The molecule has 0 spiro atoms. The van der Waals surface area contributed by atoms with Crippen LogP contribution in [0.3, 0.4) is 0 Å². The lowest BCUT2D eigenvalue weighted by atomic mass is 9.80. The Kier molecular flexibility index (Phi) is 2.67. The molecule has 2 heterocycles. The molecule has 0 radical (unpaired) electrons. The van der Waals surface area contributed by atoms with Crippen LogP contribution in [-0.4, -0.2) is 46.8 Å². The minimum atomic E-state index is -0.518. The van der Waals surface area contributed by atoms with Crippen molar-refractivity contribution in [2.75, 3.05) is 11.9 Å². The molecule has 5 rings (SSSR count). The average molecular weight is 314 g/mol. The average Bonchev–Trinajstić information content (AvgIpc) is 3.21. The number of carbonyl (C=O) groups excluding carboxylic acids is 2. The lowest BCUT2D eigenvalue weighted by Gasteiger charge is -2.30. The number of anilines is 1. The van der Waals surface area contributed by atoms with Gasteiger partial charge in [-0.2, -0.15) is 0 Å². The van der Waals surface area contributed by atoms with Crippen LogP contribution in [0.4, 0.5) is 5.69 Å². The zero-order valence-electron chi connectivity index (χ0n) is 12.5. The number of hydrogen-bond donors (Lipinski definition) is 2. The highest BCUT2D eigenvalue weighted by Crippen LogP contribution is 2.63. The maximum absolute atomic E-state index is 12.7. The van der Waals surface area contributed by atoms with E-state index in [1.807, 2.05) is 30.3 Å². The normalized spacial score (nSPS) is 42.6. The van der Waals surface area contributed by atoms with Crippen LogP contribution >= 0.6 is 0 Å². The minimum Gasteiger partial charge on any atom is -0.390 e. The van der Waals surface area contributed by atoms with Gasteiger partial charge < -0.3 is 20.1 Å². The van der Waals surface area contributed by atoms with Gasteiger partial charge in [0.15, 0.2) is 0 Å². The van der Waals surface area contributed by atoms with Crippen LogP contribution in [0.1, 0.15) is 6.42 Å². The zero-order chi connectivity index (χ0) is 15.7. The highest BCUT2D eigenvalue weighted by Gasteiger charge is 2.72. The van der Waals surface area contributed by atoms with Crippen molar-refractivity contribution in [3.8, 4) is 0 Å². The summed E-state index contributed by atoms with van der Waals surface area (Å²) in [5.74, 6) is 0.0261. The lowest BCUT2D eigenvalue weighted by molar-refractivity contribution is -0.153. The molecular weight excluding hydrogens is 296 g/mol. The summed E-state index contributed by atoms with van der Waals surface area (Å²) in [4.78, 5) is 26.5. The van der Waals surface area contributed by atoms with Crippen molar-refractivity contribution >= 4 is 17.5 Å². The molecule has 4 fully saturated rings. The molecule has 2 bridgehead atoms. The first-order chi connectivity index (χ1) is 11.1. The molecule has 1 aromatic rings. The van der Waals surface area contributed by atoms with E-state index in [9.17, 15) is 14.7 Å². The zero-order valence-corrected chi connectivity index (χ0v) is 12.5. The van der Waals surface area contributed by atoms with Crippen LogP contribution < -0.4 is 5.32 Å². The fourth-order valence-corrected chi connectivity index (χ4v) is 5.18. The molecule has 2 N–H and O–H groups in total. The van der Waals surface area contributed by atoms with Crippen LogP contribution in [0.2, 0.25) is 0 Å². The molecule has 2 aliphatic heterocycles. The third-order valence-electron chi connectivity index (χ3n) is 5.98. The van der Waals surface area contributed by atoms with E-state index in [4.69, 9.17) is 4.74 Å². The summed E-state index contributed by atoms with van der Waals surface area (Å²) < 4.78 is 5.95. The van der Waals surface area contributed by atoms with Gasteiger partial charge in [-0.25, -0.2) is 0 Å². The summed E-state index contributed by atoms with van der Waals surface area (Å²) in [6.07, 6.45) is -0.131. The van der Waals surface area contributed by atoms with E-state index in [2.05, 4.69) is 5.32 Å². The summed E-state index contributed by atoms with van der Waals surface area (Å²) in [6, 6.07) is 9.20. The Morgan fingerprint density at radius 1 is 1.30 bits per heavy atom. The number of aliphatic hydroxyl groups is 1. The van der Waals surface area contributed by atoms with E-state index in [1.54, 1.807) is 4.90 Å². The van der Waals surface area contributed by atoms with Crippen LogP contribution in [0, 0.1) is 23.7 Å². The van der Waals surface area contributed by atoms with Gasteiger partial charge in [0, 0.05) is 11.6 Å². The largest absolute Gasteiger partial charge is 0.390 e. The second-order valence-electron chi connectivity index (χ2n) is 7.03. The number of ether oxygens (including phenoxy) is 1. The summed E-state index contributed by atoms with van der Waals surface area (Å²) >= 11 is 0. The number of nitrogens with one attached hydrogen (secondary N) is 1. The van der Waals surface area contributed by atoms with E-state index in [-0.39, 0.29) is 54.4 Å². The minimum absolute atomic E-state index is 0.00759. The van der Waals surface area contributed by atoms with Crippen LogP contribution in [-0.2, 0) is 14.3 Å². The van der Waals surface area contributed by atoms with E-state index in [0.717, 1.165) is 6.42 Å². The molecule has 6 nitrogen and oxygen atoms in total. The number of aliphatic hydroxyl groups excluding tert-OH is 1. The van der Waals surface area contributed by atoms with Crippen molar-refractivity contribution in [3.63, 3.8) is 0 Å². The first-order valence-electron chi connectivity index (χ1n) is 8.14. The van der Waals surface area contributed by atoms with Gasteiger partial charge in [0.05, 0.1) is 18.1 Å². The highest BCUT2D eigenvalue weighted by molar-refractivity contribution is 5.95. The third-order valence-corrected chi connectivity index (χ3v) is 5.98. The second kappa shape index (κ2) is 4.55. The van der Waals surface area contributed by atoms with E-state index >= 15 is 0 Å². The van der Waals surface area contributed by atoms with Gasteiger partial charge in [-0.05, 0) is 30.4 Å². The quantitative estimate of drug-likeness (QED) is 0.848. The number of para-hydroxylation sites is 1. The number of hydrogen-bond acceptors (Lipinski definition) is 4. The molecule has 7 unspecified atom stereocenters. The number of fused-ring (bicyclic) bond motifs is 2. The standard InChI is InChI=1S/C17H18N2O4/c20-11(18-8-4-2-1-3-5-8)7-19-16(22)12-9-6-10-13(12)17(19)23-15(10)14(9)21/h1-5,9-10,12-15,17,21H,6-7H2,(H,18,20). The maximum atomic E-state index is 12.7. The fraction of sp³-hybridized carbons (Fsp3) is 0.529. The van der Waals surface area contributed by atoms with E-state index in [1.165, 1.54) is 0 Å². The predicted molar refractivity (Wildman–Crippen MR) is 80.0 cm³/mol. The molecule has 2 saturated heterocycles. The lowest BCUT2D eigenvalue weighted by Crippen LogP contribution is -2.46. The molecule has 23 heavy (non-hydrogen) atoms. The maximum Gasteiger partial charge on any atom is 0.244 e. The van der Waals surface area contributed by atoms with Gasteiger partial charge >= 0.3 is 0 Å². The molecule has 1 aromatic carbocycles. The molecular formula is C17H18N2O4. The Hall–Kier alpha value is -1.92. The van der Waals surface area contributed by atoms with Crippen molar-refractivity contribution < 1.29 is 19.4 Å². The van der Waals surface area contributed by atoms with Crippen molar-refractivity contribution in [3.05, 3.63) is 30.3 Å². The Labute approximate surface area is 133 Å². The Morgan fingerprint density at radius 3 is 2.87 bits per heavy atom. The number of nitrogens with zero attached hydrogens (tertiary/aromatic N) is 1. The monoisotopic (exact) mass is 314 g/mol.